The predicted octanol–water partition coefficient (Wildman–Crippen LogP) is 3.40. The van der Waals surface area contributed by atoms with E-state index in [1.165, 1.54) is 0 Å². The number of halogens is 1. The molecule has 3 aliphatic rings. The van der Waals surface area contributed by atoms with Crippen molar-refractivity contribution in [1.29, 1.82) is 0 Å². The van der Waals surface area contributed by atoms with E-state index in [-0.39, 0.29) is 30.2 Å². The summed E-state index contributed by atoms with van der Waals surface area (Å²) >= 11 is 6.97. The smallest absolute Gasteiger partial charge is 0.253 e. The summed E-state index contributed by atoms with van der Waals surface area (Å²) in [6.45, 7) is 12.3. The molecule has 1 aliphatic carbocycles. The van der Waals surface area contributed by atoms with Crippen LogP contribution in [0.2, 0.25) is 5.02 Å². The van der Waals surface area contributed by atoms with Gasteiger partial charge in [-0.15, -0.1) is 0 Å². The van der Waals surface area contributed by atoms with Crippen molar-refractivity contribution >= 4 is 23.2 Å². The number of hydrogen-bond acceptors (Lipinski definition) is 7. The quantitative estimate of drug-likeness (QED) is 0.424. The number of nitrogens with one attached hydrogen (secondary N) is 3. The molecule has 2 aromatic rings. The molecule has 3 fully saturated rings. The predicted molar refractivity (Wildman–Crippen MR) is 158 cm³/mol. The lowest BCUT2D eigenvalue weighted by Crippen LogP contribution is -2.55. The number of carbonyl (C=O) groups excluding carboxylic acids is 1. The number of carbonyl (C=O) groups is 1. The maximum atomic E-state index is 13.5. The zero-order valence-corrected chi connectivity index (χ0v) is 24.6. The molecule has 3 heterocycles. The standard InChI is InChI=1S/C30H42ClN5O4/c1-4-36(21-5-11-39-12-6-21)27-17-24(40-23-14-22(15-23)35-9-7-32-8-10-35)16-25(28(27)31)29(37)33-18-26-19(2)13-20(3)34-30(26)38/h13,16-17,21-23,32H,4-12,14-15,18H2,1-3H3,(H,33,37)(H,34,38)/t22-,23+. The third-order valence-electron chi connectivity index (χ3n) is 8.51. The number of rotatable bonds is 9. The summed E-state index contributed by atoms with van der Waals surface area (Å²) in [5.41, 5.74) is 3.14. The van der Waals surface area contributed by atoms with Gasteiger partial charge < -0.3 is 30.0 Å². The number of amides is 1. The molecular weight excluding hydrogens is 530 g/mol. The number of aryl methyl sites for hydroxylation is 2. The molecule has 9 nitrogen and oxygen atoms in total. The first-order valence-electron chi connectivity index (χ1n) is 14.6. The normalized spacial score (nSPS) is 22.0. The van der Waals surface area contributed by atoms with Crippen molar-refractivity contribution in [3.05, 3.63) is 56.0 Å². The summed E-state index contributed by atoms with van der Waals surface area (Å²) < 4.78 is 12.1. The topological polar surface area (TPSA) is 98.9 Å². The number of piperazine rings is 1. The number of benzene rings is 1. The molecule has 2 aliphatic heterocycles. The molecule has 0 unspecified atom stereocenters. The van der Waals surface area contributed by atoms with Gasteiger partial charge in [0.1, 0.15) is 11.9 Å². The van der Waals surface area contributed by atoms with Crippen LogP contribution in [0.15, 0.2) is 23.0 Å². The van der Waals surface area contributed by atoms with Crippen molar-refractivity contribution in [1.82, 2.24) is 20.5 Å². The van der Waals surface area contributed by atoms with Gasteiger partial charge in [-0.25, -0.2) is 0 Å². The van der Waals surface area contributed by atoms with E-state index < -0.39 is 0 Å². The van der Waals surface area contributed by atoms with Gasteiger partial charge in [-0.2, -0.15) is 0 Å². The van der Waals surface area contributed by atoms with E-state index in [0.717, 1.165) is 75.4 Å². The first kappa shape index (κ1) is 28.9. The molecular formula is C30H42ClN5O4. The van der Waals surface area contributed by atoms with Crippen LogP contribution >= 0.6 is 11.6 Å². The van der Waals surface area contributed by atoms with Gasteiger partial charge in [0.25, 0.3) is 11.5 Å². The minimum atomic E-state index is -0.327. The monoisotopic (exact) mass is 571 g/mol. The van der Waals surface area contributed by atoms with Crippen molar-refractivity contribution in [2.45, 2.75) is 71.2 Å². The molecule has 1 aromatic carbocycles. The van der Waals surface area contributed by atoms with Crippen LogP contribution in [0.5, 0.6) is 5.75 Å². The van der Waals surface area contributed by atoms with Gasteiger partial charge in [0.15, 0.2) is 0 Å². The van der Waals surface area contributed by atoms with Crippen LogP contribution in [0.25, 0.3) is 0 Å². The fourth-order valence-electron chi connectivity index (χ4n) is 6.18. The molecule has 1 amide bonds. The summed E-state index contributed by atoms with van der Waals surface area (Å²) in [5, 5.41) is 6.75. The number of nitrogens with zero attached hydrogens (tertiary/aromatic N) is 2. The number of aromatic nitrogens is 1. The highest BCUT2D eigenvalue weighted by atomic mass is 35.5. The fraction of sp³-hybridized carbons (Fsp3) is 0.600. The van der Waals surface area contributed by atoms with E-state index in [1.54, 1.807) is 6.07 Å². The molecule has 0 bridgehead atoms. The molecule has 0 atom stereocenters. The van der Waals surface area contributed by atoms with Crippen LogP contribution in [0.4, 0.5) is 5.69 Å². The van der Waals surface area contributed by atoms with Gasteiger partial charge in [0.05, 0.1) is 16.3 Å². The maximum Gasteiger partial charge on any atom is 0.253 e. The van der Waals surface area contributed by atoms with Crippen LogP contribution in [0.3, 0.4) is 0 Å². The van der Waals surface area contributed by atoms with E-state index >= 15 is 0 Å². The van der Waals surface area contributed by atoms with Gasteiger partial charge in [-0.3, -0.25) is 14.5 Å². The van der Waals surface area contributed by atoms with Gasteiger partial charge >= 0.3 is 0 Å². The first-order chi connectivity index (χ1) is 19.3. The number of aromatic amines is 1. The van der Waals surface area contributed by atoms with Crippen molar-refractivity contribution < 1.29 is 14.3 Å². The second-order valence-corrected chi connectivity index (χ2v) is 11.6. The minimum absolute atomic E-state index is 0.108. The molecule has 1 saturated carbocycles. The molecule has 3 N–H and O–H groups in total. The number of pyridine rings is 1. The summed E-state index contributed by atoms with van der Waals surface area (Å²) in [6, 6.07) is 6.47. The van der Waals surface area contributed by atoms with Crippen molar-refractivity contribution in [2.24, 2.45) is 0 Å². The minimum Gasteiger partial charge on any atom is -0.490 e. The highest BCUT2D eigenvalue weighted by Crippen LogP contribution is 2.38. The lowest BCUT2D eigenvalue weighted by Gasteiger charge is -2.44. The van der Waals surface area contributed by atoms with Crippen molar-refractivity contribution in [3.63, 3.8) is 0 Å². The Hall–Kier alpha value is -2.59. The highest BCUT2D eigenvalue weighted by Gasteiger charge is 2.36. The van der Waals surface area contributed by atoms with E-state index in [9.17, 15) is 9.59 Å². The van der Waals surface area contributed by atoms with Crippen molar-refractivity contribution in [2.75, 3.05) is 50.8 Å². The molecule has 40 heavy (non-hydrogen) atoms. The van der Waals surface area contributed by atoms with E-state index in [0.29, 0.717) is 41.2 Å². The third-order valence-corrected chi connectivity index (χ3v) is 8.91. The third kappa shape index (κ3) is 6.48. The lowest BCUT2D eigenvalue weighted by atomic mass is 9.87. The molecule has 5 rings (SSSR count). The molecule has 0 spiro atoms. The van der Waals surface area contributed by atoms with Crippen LogP contribution in [0, 0.1) is 13.8 Å². The van der Waals surface area contributed by atoms with Gasteiger partial charge in [-0.1, -0.05) is 11.6 Å². The molecule has 218 valence electrons. The Balaban J connectivity index is 1.37. The Kier molecular flexibility index (Phi) is 9.35. The Morgan fingerprint density at radius 3 is 2.58 bits per heavy atom. The maximum absolute atomic E-state index is 13.5. The van der Waals surface area contributed by atoms with Crippen molar-refractivity contribution in [3.8, 4) is 5.75 Å². The van der Waals surface area contributed by atoms with Crippen LogP contribution in [-0.2, 0) is 11.3 Å². The average Bonchev–Trinajstić information content (AvgIpc) is 2.92. The van der Waals surface area contributed by atoms with Crippen LogP contribution in [-0.4, -0.2) is 79.9 Å². The Labute approximate surface area is 241 Å². The lowest BCUT2D eigenvalue weighted by molar-refractivity contribution is 0.0120. The molecule has 2 saturated heterocycles. The zero-order valence-electron chi connectivity index (χ0n) is 23.9. The summed E-state index contributed by atoms with van der Waals surface area (Å²) in [6.07, 6.45) is 3.87. The van der Waals surface area contributed by atoms with E-state index in [4.69, 9.17) is 21.1 Å². The largest absolute Gasteiger partial charge is 0.490 e. The summed E-state index contributed by atoms with van der Waals surface area (Å²) in [5.74, 6) is 0.328. The number of H-pyrrole nitrogens is 1. The number of hydrogen-bond donors (Lipinski definition) is 3. The molecule has 0 radical (unpaired) electrons. The summed E-state index contributed by atoms with van der Waals surface area (Å²) in [4.78, 5) is 33.7. The highest BCUT2D eigenvalue weighted by molar-refractivity contribution is 6.36. The number of anilines is 1. The molecule has 10 heteroatoms. The summed E-state index contributed by atoms with van der Waals surface area (Å²) in [7, 11) is 0. The Bertz CT molecular complexity index is 1250. The Morgan fingerprint density at radius 2 is 1.90 bits per heavy atom. The van der Waals surface area contributed by atoms with Crippen LogP contribution in [0.1, 0.15) is 59.8 Å². The second-order valence-electron chi connectivity index (χ2n) is 11.2. The first-order valence-corrected chi connectivity index (χ1v) is 15.0. The Morgan fingerprint density at radius 1 is 1.18 bits per heavy atom. The van der Waals surface area contributed by atoms with Gasteiger partial charge in [-0.05, 0) is 51.3 Å². The SMILES string of the molecule is CCN(c1cc(O[C@H]2C[C@@H](N3CCNCC3)C2)cc(C(=O)NCc2c(C)cc(C)[nH]c2=O)c1Cl)C1CCOCC1. The second kappa shape index (κ2) is 12.9. The molecule has 1 aromatic heterocycles. The van der Waals surface area contributed by atoms with Gasteiger partial charge in [0, 0.05) is 94.7 Å². The zero-order chi connectivity index (χ0) is 28.2. The van der Waals surface area contributed by atoms with Crippen LogP contribution < -0.4 is 25.8 Å². The van der Waals surface area contributed by atoms with Gasteiger partial charge in [0.2, 0.25) is 0 Å². The average molecular weight is 572 g/mol. The van der Waals surface area contributed by atoms with E-state index in [1.807, 2.05) is 26.0 Å². The fourth-order valence-corrected chi connectivity index (χ4v) is 6.49. The van der Waals surface area contributed by atoms with E-state index in [2.05, 4.69) is 32.3 Å². The number of ether oxygens (including phenoxy) is 2.